The van der Waals surface area contributed by atoms with Crippen LogP contribution >= 0.6 is 0 Å². The van der Waals surface area contributed by atoms with Crippen LogP contribution in [0, 0.1) is 11.3 Å². The number of anilines is 1. The Morgan fingerprint density at radius 3 is 2.88 bits per heavy atom. The van der Waals surface area contributed by atoms with Crippen LogP contribution in [0.4, 0.5) is 5.82 Å². The van der Waals surface area contributed by atoms with Gasteiger partial charge in [0.2, 0.25) is 0 Å². The molecule has 2 rings (SSSR count). The second kappa shape index (κ2) is 5.13. The van der Waals surface area contributed by atoms with E-state index in [-0.39, 0.29) is 6.10 Å². The molecular formula is C12H16N4O. The molecule has 0 bridgehead atoms. The summed E-state index contributed by atoms with van der Waals surface area (Å²) in [5, 5.41) is 18.2. The zero-order valence-corrected chi connectivity index (χ0v) is 9.63. The maximum atomic E-state index is 9.42. The first-order valence-electron chi connectivity index (χ1n) is 5.74. The van der Waals surface area contributed by atoms with Crippen molar-refractivity contribution >= 4 is 5.82 Å². The maximum Gasteiger partial charge on any atom is 0.127 e. The topological polar surface area (TPSA) is 86.2 Å². The van der Waals surface area contributed by atoms with Crippen LogP contribution in [-0.4, -0.2) is 34.2 Å². The van der Waals surface area contributed by atoms with Crippen molar-refractivity contribution in [2.24, 2.45) is 0 Å². The standard InChI is InChI=1S/C12H16N4O/c13-6-9-5-10(12(14)15-7-9)8-16-3-1-11(17)2-4-16/h5,7,11,17H,1-4,8H2,(H2,14,15). The summed E-state index contributed by atoms with van der Waals surface area (Å²) in [7, 11) is 0. The van der Waals surface area contributed by atoms with Gasteiger partial charge in [0.15, 0.2) is 0 Å². The molecule has 17 heavy (non-hydrogen) atoms. The molecule has 1 aromatic heterocycles. The zero-order valence-electron chi connectivity index (χ0n) is 9.63. The highest BCUT2D eigenvalue weighted by atomic mass is 16.3. The van der Waals surface area contributed by atoms with Gasteiger partial charge in [0, 0.05) is 31.4 Å². The average molecular weight is 232 g/mol. The van der Waals surface area contributed by atoms with Crippen molar-refractivity contribution in [2.45, 2.75) is 25.5 Å². The molecule has 1 aliphatic rings. The molecule has 90 valence electrons. The van der Waals surface area contributed by atoms with E-state index in [0.29, 0.717) is 17.9 Å². The van der Waals surface area contributed by atoms with Crippen LogP contribution < -0.4 is 5.73 Å². The summed E-state index contributed by atoms with van der Waals surface area (Å²) in [6.45, 7) is 2.41. The molecule has 5 nitrogen and oxygen atoms in total. The summed E-state index contributed by atoms with van der Waals surface area (Å²) in [4.78, 5) is 6.23. The van der Waals surface area contributed by atoms with Gasteiger partial charge in [0.25, 0.3) is 0 Å². The van der Waals surface area contributed by atoms with Crippen LogP contribution in [0.2, 0.25) is 0 Å². The van der Waals surface area contributed by atoms with Crippen LogP contribution in [0.5, 0.6) is 0 Å². The van der Waals surface area contributed by atoms with Crippen LogP contribution in [0.25, 0.3) is 0 Å². The van der Waals surface area contributed by atoms with Crippen molar-refractivity contribution in [1.82, 2.24) is 9.88 Å². The van der Waals surface area contributed by atoms with E-state index in [1.165, 1.54) is 6.20 Å². The van der Waals surface area contributed by atoms with Gasteiger partial charge >= 0.3 is 0 Å². The van der Waals surface area contributed by atoms with Crippen LogP contribution in [0.15, 0.2) is 12.3 Å². The van der Waals surface area contributed by atoms with Crippen LogP contribution in [-0.2, 0) is 6.54 Å². The normalized spacial score (nSPS) is 17.9. The molecule has 1 fully saturated rings. The minimum Gasteiger partial charge on any atom is -0.393 e. The second-order valence-corrected chi connectivity index (χ2v) is 4.39. The van der Waals surface area contributed by atoms with Crippen molar-refractivity contribution in [2.75, 3.05) is 18.8 Å². The molecule has 2 heterocycles. The summed E-state index contributed by atoms with van der Waals surface area (Å²) < 4.78 is 0. The van der Waals surface area contributed by atoms with Crippen molar-refractivity contribution in [3.8, 4) is 6.07 Å². The third-order valence-electron chi connectivity index (χ3n) is 3.08. The van der Waals surface area contributed by atoms with Gasteiger partial charge in [0.05, 0.1) is 11.7 Å². The van der Waals surface area contributed by atoms with Gasteiger partial charge in [-0.15, -0.1) is 0 Å². The number of nitrogen functional groups attached to an aromatic ring is 1. The summed E-state index contributed by atoms with van der Waals surface area (Å²) in [5.41, 5.74) is 7.21. The van der Waals surface area contributed by atoms with E-state index in [1.807, 2.05) is 0 Å². The Labute approximate surface area is 100 Å². The molecule has 3 N–H and O–H groups in total. The number of aliphatic hydroxyl groups is 1. The molecule has 5 heteroatoms. The smallest absolute Gasteiger partial charge is 0.127 e. The predicted octanol–water partition coefficient (Wildman–Crippen LogP) is 0.492. The average Bonchev–Trinajstić information content (AvgIpc) is 2.35. The number of aromatic nitrogens is 1. The van der Waals surface area contributed by atoms with Gasteiger partial charge in [-0.3, -0.25) is 4.90 Å². The predicted molar refractivity (Wildman–Crippen MR) is 63.9 cm³/mol. The molecule has 1 aliphatic heterocycles. The fourth-order valence-corrected chi connectivity index (χ4v) is 2.03. The fraction of sp³-hybridized carbons (Fsp3) is 0.500. The number of likely N-dealkylation sites (tertiary alicyclic amines) is 1. The number of nitriles is 1. The van der Waals surface area contributed by atoms with Gasteiger partial charge in [0.1, 0.15) is 11.9 Å². The summed E-state index contributed by atoms with van der Waals surface area (Å²) in [5.74, 6) is 0.482. The zero-order chi connectivity index (χ0) is 12.3. The number of pyridine rings is 1. The first-order chi connectivity index (χ1) is 8.19. The number of nitrogens with two attached hydrogens (primary N) is 1. The Morgan fingerprint density at radius 1 is 1.53 bits per heavy atom. The molecule has 0 radical (unpaired) electrons. The van der Waals surface area contributed by atoms with E-state index in [1.54, 1.807) is 6.07 Å². The minimum absolute atomic E-state index is 0.174. The minimum atomic E-state index is -0.174. The largest absolute Gasteiger partial charge is 0.393 e. The van der Waals surface area contributed by atoms with E-state index in [0.717, 1.165) is 31.5 Å². The number of nitrogens with zero attached hydrogens (tertiary/aromatic N) is 3. The summed E-state index contributed by atoms with van der Waals surface area (Å²) in [6.07, 6.45) is 2.90. The fourth-order valence-electron chi connectivity index (χ4n) is 2.03. The highest BCUT2D eigenvalue weighted by molar-refractivity contribution is 5.44. The first-order valence-corrected chi connectivity index (χ1v) is 5.74. The number of rotatable bonds is 2. The molecule has 0 aliphatic carbocycles. The SMILES string of the molecule is N#Cc1cnc(N)c(CN2CCC(O)CC2)c1. The van der Waals surface area contributed by atoms with E-state index in [2.05, 4.69) is 16.0 Å². The van der Waals surface area contributed by atoms with Crippen molar-refractivity contribution in [1.29, 1.82) is 5.26 Å². The molecule has 1 aromatic rings. The van der Waals surface area contributed by atoms with Gasteiger partial charge in [-0.2, -0.15) is 5.26 Å². The van der Waals surface area contributed by atoms with E-state index >= 15 is 0 Å². The lowest BCUT2D eigenvalue weighted by atomic mass is 10.1. The van der Waals surface area contributed by atoms with Crippen molar-refractivity contribution < 1.29 is 5.11 Å². The highest BCUT2D eigenvalue weighted by Gasteiger charge is 2.17. The molecule has 1 saturated heterocycles. The third kappa shape index (κ3) is 2.93. The van der Waals surface area contributed by atoms with E-state index < -0.39 is 0 Å². The molecule has 0 unspecified atom stereocenters. The van der Waals surface area contributed by atoms with Crippen molar-refractivity contribution in [3.05, 3.63) is 23.4 Å². The van der Waals surface area contributed by atoms with Crippen molar-refractivity contribution in [3.63, 3.8) is 0 Å². The molecule has 0 spiro atoms. The lowest BCUT2D eigenvalue weighted by Gasteiger charge is -2.29. The Hall–Kier alpha value is -1.64. The lowest BCUT2D eigenvalue weighted by Crippen LogP contribution is -2.35. The summed E-state index contributed by atoms with van der Waals surface area (Å²) in [6, 6.07) is 3.85. The third-order valence-corrected chi connectivity index (χ3v) is 3.08. The van der Waals surface area contributed by atoms with E-state index in [4.69, 9.17) is 11.0 Å². The van der Waals surface area contributed by atoms with Gasteiger partial charge in [-0.05, 0) is 18.9 Å². The van der Waals surface area contributed by atoms with Crippen LogP contribution in [0.3, 0.4) is 0 Å². The Morgan fingerprint density at radius 2 is 2.24 bits per heavy atom. The number of piperidine rings is 1. The van der Waals surface area contributed by atoms with Crippen LogP contribution in [0.1, 0.15) is 24.0 Å². The Kier molecular flexibility index (Phi) is 3.57. The highest BCUT2D eigenvalue weighted by Crippen LogP contribution is 2.17. The molecule has 0 aromatic carbocycles. The Bertz CT molecular complexity index is 433. The summed E-state index contributed by atoms with van der Waals surface area (Å²) >= 11 is 0. The number of hydrogen-bond acceptors (Lipinski definition) is 5. The Balaban J connectivity index is 2.05. The second-order valence-electron chi connectivity index (χ2n) is 4.39. The molecule has 0 amide bonds. The lowest BCUT2D eigenvalue weighted by molar-refractivity contribution is 0.0793. The van der Waals surface area contributed by atoms with Gasteiger partial charge in [-0.25, -0.2) is 4.98 Å². The van der Waals surface area contributed by atoms with Gasteiger partial charge in [-0.1, -0.05) is 0 Å². The first kappa shape index (κ1) is 11.8. The van der Waals surface area contributed by atoms with E-state index in [9.17, 15) is 5.11 Å². The van der Waals surface area contributed by atoms with Gasteiger partial charge < -0.3 is 10.8 Å². The molecule has 0 saturated carbocycles. The maximum absolute atomic E-state index is 9.42. The monoisotopic (exact) mass is 232 g/mol. The number of aliphatic hydroxyl groups excluding tert-OH is 1. The number of hydrogen-bond donors (Lipinski definition) is 2. The quantitative estimate of drug-likeness (QED) is 0.775. The molecular weight excluding hydrogens is 216 g/mol. The molecule has 0 atom stereocenters.